The van der Waals surface area contributed by atoms with Crippen LogP contribution in [0, 0.1) is 0 Å². The molecule has 2 amide bonds. The molecule has 114 valence electrons. The zero-order chi connectivity index (χ0) is 15.1. The van der Waals surface area contributed by atoms with Gasteiger partial charge in [-0.3, -0.25) is 9.69 Å². The first-order chi connectivity index (χ1) is 10.2. The molecule has 1 aliphatic rings. The van der Waals surface area contributed by atoms with Gasteiger partial charge in [-0.05, 0) is 12.5 Å². The van der Waals surface area contributed by atoms with Crippen LogP contribution >= 0.6 is 0 Å². The van der Waals surface area contributed by atoms with Gasteiger partial charge in [0, 0.05) is 19.7 Å². The number of hydrogen-bond acceptors (Lipinski definition) is 4. The van der Waals surface area contributed by atoms with Gasteiger partial charge in [0.15, 0.2) is 0 Å². The second-order valence-electron chi connectivity index (χ2n) is 4.70. The van der Waals surface area contributed by atoms with Gasteiger partial charge in [-0.2, -0.15) is 0 Å². The smallest absolute Gasteiger partial charge is 0.410 e. The lowest BCUT2D eigenvalue weighted by molar-refractivity contribution is -0.130. The SMILES string of the molecule is CCOCC1C(=O)NCCN1C(=O)OCc1ccccc1. The summed E-state index contributed by atoms with van der Waals surface area (Å²) in [5.41, 5.74) is 0.911. The summed E-state index contributed by atoms with van der Waals surface area (Å²) in [6, 6.07) is 8.81. The maximum absolute atomic E-state index is 12.2. The maximum Gasteiger partial charge on any atom is 0.410 e. The molecule has 1 aromatic carbocycles. The van der Waals surface area contributed by atoms with Crippen molar-refractivity contribution in [1.29, 1.82) is 0 Å². The molecule has 6 heteroatoms. The average Bonchev–Trinajstić information content (AvgIpc) is 2.52. The highest BCUT2D eigenvalue weighted by atomic mass is 16.6. The van der Waals surface area contributed by atoms with Crippen LogP contribution in [0.25, 0.3) is 0 Å². The minimum Gasteiger partial charge on any atom is -0.445 e. The zero-order valence-electron chi connectivity index (χ0n) is 12.1. The summed E-state index contributed by atoms with van der Waals surface area (Å²) in [5, 5.41) is 2.73. The summed E-state index contributed by atoms with van der Waals surface area (Å²) < 4.78 is 10.6. The summed E-state index contributed by atoms with van der Waals surface area (Å²) in [4.78, 5) is 25.4. The molecule has 0 radical (unpaired) electrons. The largest absolute Gasteiger partial charge is 0.445 e. The van der Waals surface area contributed by atoms with E-state index in [9.17, 15) is 9.59 Å². The monoisotopic (exact) mass is 292 g/mol. The fourth-order valence-corrected chi connectivity index (χ4v) is 2.13. The number of carbonyl (C=O) groups excluding carboxylic acids is 2. The number of benzene rings is 1. The lowest BCUT2D eigenvalue weighted by Crippen LogP contribution is -2.59. The van der Waals surface area contributed by atoms with E-state index in [4.69, 9.17) is 9.47 Å². The number of piperazine rings is 1. The van der Waals surface area contributed by atoms with Crippen molar-refractivity contribution in [3.8, 4) is 0 Å². The van der Waals surface area contributed by atoms with Gasteiger partial charge in [0.1, 0.15) is 12.6 Å². The zero-order valence-corrected chi connectivity index (χ0v) is 12.1. The van der Waals surface area contributed by atoms with E-state index >= 15 is 0 Å². The number of nitrogens with zero attached hydrogens (tertiary/aromatic N) is 1. The van der Waals surface area contributed by atoms with Crippen LogP contribution in [-0.4, -0.2) is 49.2 Å². The third-order valence-electron chi connectivity index (χ3n) is 3.25. The molecule has 0 bridgehead atoms. The Kier molecular flexibility index (Phi) is 5.57. The van der Waals surface area contributed by atoms with Crippen LogP contribution in [0.4, 0.5) is 4.79 Å². The third kappa shape index (κ3) is 4.19. The van der Waals surface area contributed by atoms with Gasteiger partial charge in [0.2, 0.25) is 5.91 Å². The molecule has 21 heavy (non-hydrogen) atoms. The lowest BCUT2D eigenvalue weighted by atomic mass is 10.2. The van der Waals surface area contributed by atoms with Gasteiger partial charge >= 0.3 is 6.09 Å². The molecule has 0 aliphatic carbocycles. The second-order valence-corrected chi connectivity index (χ2v) is 4.70. The molecule has 1 aromatic rings. The summed E-state index contributed by atoms with van der Waals surface area (Å²) in [7, 11) is 0. The molecule has 0 spiro atoms. The van der Waals surface area contributed by atoms with Crippen molar-refractivity contribution in [2.75, 3.05) is 26.3 Å². The van der Waals surface area contributed by atoms with Crippen molar-refractivity contribution in [3.05, 3.63) is 35.9 Å². The van der Waals surface area contributed by atoms with E-state index in [1.807, 2.05) is 37.3 Å². The Balaban J connectivity index is 1.93. The quantitative estimate of drug-likeness (QED) is 0.884. The van der Waals surface area contributed by atoms with Crippen molar-refractivity contribution in [2.24, 2.45) is 0 Å². The van der Waals surface area contributed by atoms with E-state index < -0.39 is 12.1 Å². The van der Waals surface area contributed by atoms with E-state index in [2.05, 4.69) is 5.32 Å². The van der Waals surface area contributed by atoms with E-state index in [0.717, 1.165) is 5.56 Å². The predicted octanol–water partition coefficient (Wildman–Crippen LogP) is 1.16. The van der Waals surface area contributed by atoms with Crippen molar-refractivity contribution in [1.82, 2.24) is 10.2 Å². The minimum atomic E-state index is -0.623. The van der Waals surface area contributed by atoms with E-state index in [0.29, 0.717) is 19.7 Å². The Morgan fingerprint density at radius 3 is 2.86 bits per heavy atom. The molecule has 1 fully saturated rings. The van der Waals surface area contributed by atoms with Crippen LogP contribution in [0.2, 0.25) is 0 Å². The fourth-order valence-electron chi connectivity index (χ4n) is 2.13. The topological polar surface area (TPSA) is 67.9 Å². The maximum atomic E-state index is 12.2. The highest BCUT2D eigenvalue weighted by Gasteiger charge is 2.34. The number of ether oxygens (including phenoxy) is 2. The number of nitrogens with one attached hydrogen (secondary N) is 1. The Morgan fingerprint density at radius 2 is 2.14 bits per heavy atom. The van der Waals surface area contributed by atoms with E-state index in [-0.39, 0.29) is 19.1 Å². The number of hydrogen-bond donors (Lipinski definition) is 1. The van der Waals surface area contributed by atoms with Crippen molar-refractivity contribution in [2.45, 2.75) is 19.6 Å². The Morgan fingerprint density at radius 1 is 1.38 bits per heavy atom. The molecule has 1 saturated heterocycles. The summed E-state index contributed by atoms with van der Waals surface area (Å²) in [6.07, 6.45) is -0.488. The molecule has 1 unspecified atom stereocenters. The molecule has 1 atom stereocenters. The molecule has 2 rings (SSSR count). The third-order valence-corrected chi connectivity index (χ3v) is 3.25. The van der Waals surface area contributed by atoms with Crippen molar-refractivity contribution < 1.29 is 19.1 Å². The van der Waals surface area contributed by atoms with Crippen LogP contribution < -0.4 is 5.32 Å². The molecule has 6 nitrogen and oxygen atoms in total. The van der Waals surface area contributed by atoms with Gasteiger partial charge in [0.25, 0.3) is 0 Å². The fraction of sp³-hybridized carbons (Fsp3) is 0.467. The first kappa shape index (κ1) is 15.3. The average molecular weight is 292 g/mol. The van der Waals surface area contributed by atoms with Gasteiger partial charge in [-0.25, -0.2) is 4.79 Å². The molecule has 0 aromatic heterocycles. The van der Waals surface area contributed by atoms with Gasteiger partial charge in [-0.1, -0.05) is 30.3 Å². The molecule has 1 aliphatic heterocycles. The van der Waals surface area contributed by atoms with Crippen molar-refractivity contribution >= 4 is 12.0 Å². The highest BCUT2D eigenvalue weighted by molar-refractivity contribution is 5.86. The van der Waals surface area contributed by atoms with Crippen LogP contribution in [0.5, 0.6) is 0 Å². The second kappa shape index (κ2) is 7.64. The molecule has 0 saturated carbocycles. The Bertz CT molecular complexity index is 478. The normalized spacial score (nSPS) is 18.2. The number of amides is 2. The number of carbonyl (C=O) groups is 2. The predicted molar refractivity (Wildman–Crippen MR) is 76.6 cm³/mol. The van der Waals surface area contributed by atoms with Crippen LogP contribution in [0.15, 0.2) is 30.3 Å². The Labute approximate surface area is 124 Å². The lowest BCUT2D eigenvalue weighted by Gasteiger charge is -2.33. The number of rotatable bonds is 5. The summed E-state index contributed by atoms with van der Waals surface area (Å²) in [5.74, 6) is -0.202. The minimum absolute atomic E-state index is 0.183. The standard InChI is InChI=1S/C15H20N2O4/c1-2-20-11-13-14(18)16-8-9-17(13)15(19)21-10-12-6-4-3-5-7-12/h3-7,13H,2,8-11H2,1H3,(H,16,18). The van der Waals surface area contributed by atoms with Gasteiger partial charge in [-0.15, -0.1) is 0 Å². The van der Waals surface area contributed by atoms with Gasteiger partial charge in [0.05, 0.1) is 6.61 Å². The highest BCUT2D eigenvalue weighted by Crippen LogP contribution is 2.10. The van der Waals surface area contributed by atoms with Crippen LogP contribution in [0.1, 0.15) is 12.5 Å². The molecule has 1 N–H and O–H groups in total. The van der Waals surface area contributed by atoms with Crippen LogP contribution in [0.3, 0.4) is 0 Å². The molecular formula is C15H20N2O4. The molecule has 1 heterocycles. The summed E-state index contributed by atoms with van der Waals surface area (Å²) in [6.45, 7) is 3.58. The first-order valence-electron chi connectivity index (χ1n) is 7.05. The molecular weight excluding hydrogens is 272 g/mol. The Hall–Kier alpha value is -2.08. The summed E-state index contributed by atoms with van der Waals surface area (Å²) >= 11 is 0. The van der Waals surface area contributed by atoms with E-state index in [1.165, 1.54) is 4.90 Å². The first-order valence-corrected chi connectivity index (χ1v) is 7.05. The van der Waals surface area contributed by atoms with Crippen molar-refractivity contribution in [3.63, 3.8) is 0 Å². The van der Waals surface area contributed by atoms with E-state index in [1.54, 1.807) is 0 Å². The van der Waals surface area contributed by atoms with Crippen LogP contribution in [-0.2, 0) is 20.9 Å². The van der Waals surface area contributed by atoms with Gasteiger partial charge < -0.3 is 14.8 Å².